The predicted molar refractivity (Wildman–Crippen MR) is 65.9 cm³/mol. The molecular weight excluding hydrogens is 274 g/mol. The minimum Gasteiger partial charge on any atom is -0.490 e. The summed E-state index contributed by atoms with van der Waals surface area (Å²) in [5.74, 6) is 1.30. The fourth-order valence-corrected chi connectivity index (χ4v) is 1.85. The van der Waals surface area contributed by atoms with E-state index in [0.717, 1.165) is 10.0 Å². The molecule has 1 aromatic carbocycles. The third kappa shape index (κ3) is 3.13. The van der Waals surface area contributed by atoms with E-state index in [2.05, 4.69) is 21.1 Å². The molecule has 88 valence electrons. The summed E-state index contributed by atoms with van der Waals surface area (Å²) < 4.78 is 11.7. The molecule has 0 heterocycles. The van der Waals surface area contributed by atoms with Gasteiger partial charge in [-0.2, -0.15) is 0 Å². The van der Waals surface area contributed by atoms with E-state index in [1.165, 1.54) is 6.21 Å². The van der Waals surface area contributed by atoms with E-state index in [4.69, 9.17) is 14.7 Å². The van der Waals surface area contributed by atoms with Gasteiger partial charge in [-0.15, -0.1) is 0 Å². The topological polar surface area (TPSA) is 51.0 Å². The van der Waals surface area contributed by atoms with Gasteiger partial charge in [0.1, 0.15) is 0 Å². The van der Waals surface area contributed by atoms with Crippen molar-refractivity contribution in [1.29, 1.82) is 0 Å². The highest BCUT2D eigenvalue weighted by molar-refractivity contribution is 9.10. The fourth-order valence-electron chi connectivity index (χ4n) is 1.28. The zero-order valence-corrected chi connectivity index (χ0v) is 10.8. The number of hydrogen-bond acceptors (Lipinski definition) is 4. The SMILES string of the molecule is CCOc1cc(/C=N/O)cc(Br)c1OCC. The first-order valence-electron chi connectivity index (χ1n) is 4.99. The Morgan fingerprint density at radius 1 is 1.31 bits per heavy atom. The van der Waals surface area contributed by atoms with Crippen LogP contribution in [0.5, 0.6) is 11.5 Å². The molecule has 0 aliphatic carbocycles. The third-order valence-corrected chi connectivity index (χ3v) is 2.42. The van der Waals surface area contributed by atoms with E-state index in [9.17, 15) is 0 Å². The Balaban J connectivity index is 3.15. The van der Waals surface area contributed by atoms with Crippen molar-refractivity contribution < 1.29 is 14.7 Å². The number of benzene rings is 1. The second kappa shape index (κ2) is 6.37. The number of oxime groups is 1. The van der Waals surface area contributed by atoms with Crippen LogP contribution in [-0.4, -0.2) is 24.6 Å². The largest absolute Gasteiger partial charge is 0.490 e. The molecule has 0 fully saturated rings. The van der Waals surface area contributed by atoms with Crippen molar-refractivity contribution in [1.82, 2.24) is 0 Å². The van der Waals surface area contributed by atoms with E-state index in [0.29, 0.717) is 24.7 Å². The van der Waals surface area contributed by atoms with Gasteiger partial charge in [0.25, 0.3) is 0 Å². The maximum absolute atomic E-state index is 8.49. The van der Waals surface area contributed by atoms with Crippen LogP contribution in [0.25, 0.3) is 0 Å². The number of hydrogen-bond donors (Lipinski definition) is 1. The van der Waals surface area contributed by atoms with E-state index in [1.54, 1.807) is 12.1 Å². The van der Waals surface area contributed by atoms with Crippen molar-refractivity contribution in [2.75, 3.05) is 13.2 Å². The van der Waals surface area contributed by atoms with Gasteiger partial charge < -0.3 is 14.7 Å². The molecule has 1 N–H and O–H groups in total. The van der Waals surface area contributed by atoms with Crippen molar-refractivity contribution in [3.63, 3.8) is 0 Å². The number of nitrogens with zero attached hydrogens (tertiary/aromatic N) is 1. The first-order chi connectivity index (χ1) is 7.72. The highest BCUT2D eigenvalue weighted by Crippen LogP contribution is 2.36. The lowest BCUT2D eigenvalue weighted by Crippen LogP contribution is -2.00. The molecule has 0 radical (unpaired) electrons. The highest BCUT2D eigenvalue weighted by atomic mass is 79.9. The minimum absolute atomic E-state index is 0.548. The van der Waals surface area contributed by atoms with Crippen LogP contribution in [0.15, 0.2) is 21.8 Å². The third-order valence-electron chi connectivity index (χ3n) is 1.83. The molecule has 4 nitrogen and oxygen atoms in total. The molecule has 5 heteroatoms. The van der Waals surface area contributed by atoms with Gasteiger partial charge in [0.05, 0.1) is 23.9 Å². The summed E-state index contributed by atoms with van der Waals surface area (Å²) in [4.78, 5) is 0. The van der Waals surface area contributed by atoms with Crippen LogP contribution < -0.4 is 9.47 Å². The maximum atomic E-state index is 8.49. The van der Waals surface area contributed by atoms with Gasteiger partial charge in [-0.3, -0.25) is 0 Å². The normalized spacial score (nSPS) is 10.7. The predicted octanol–water partition coefficient (Wildman–Crippen LogP) is 3.05. The Kier molecular flexibility index (Phi) is 5.11. The smallest absolute Gasteiger partial charge is 0.175 e. The lowest BCUT2D eigenvalue weighted by molar-refractivity contribution is 0.286. The van der Waals surface area contributed by atoms with Crippen molar-refractivity contribution in [2.45, 2.75) is 13.8 Å². The molecule has 0 aromatic heterocycles. The standard InChI is InChI=1S/C11H14BrNO3/c1-3-15-10-6-8(7-13-14)5-9(12)11(10)16-4-2/h5-7,14H,3-4H2,1-2H3/b13-7+. The van der Waals surface area contributed by atoms with Gasteiger partial charge in [0.15, 0.2) is 11.5 Å². The Labute approximate surface area is 103 Å². The first kappa shape index (κ1) is 12.8. The average Bonchev–Trinajstić information content (AvgIpc) is 2.24. The van der Waals surface area contributed by atoms with Crippen LogP contribution in [0.3, 0.4) is 0 Å². The Bertz CT molecular complexity index is 380. The molecule has 16 heavy (non-hydrogen) atoms. The number of ether oxygens (including phenoxy) is 2. The summed E-state index contributed by atoms with van der Waals surface area (Å²) >= 11 is 3.39. The summed E-state index contributed by atoms with van der Waals surface area (Å²) in [7, 11) is 0. The summed E-state index contributed by atoms with van der Waals surface area (Å²) in [6.45, 7) is 4.92. The molecule has 0 amide bonds. The van der Waals surface area contributed by atoms with Gasteiger partial charge in [0, 0.05) is 5.56 Å². The van der Waals surface area contributed by atoms with Gasteiger partial charge in [-0.25, -0.2) is 0 Å². The summed E-state index contributed by atoms with van der Waals surface area (Å²) in [5, 5.41) is 11.5. The lowest BCUT2D eigenvalue weighted by atomic mass is 10.2. The number of halogens is 1. The molecule has 0 unspecified atom stereocenters. The second-order valence-corrected chi connectivity index (χ2v) is 3.79. The molecule has 0 aliphatic heterocycles. The van der Waals surface area contributed by atoms with Crippen molar-refractivity contribution in [3.05, 3.63) is 22.2 Å². The molecule has 0 spiro atoms. The van der Waals surface area contributed by atoms with Crippen LogP contribution in [0.4, 0.5) is 0 Å². The monoisotopic (exact) mass is 287 g/mol. The van der Waals surface area contributed by atoms with E-state index < -0.39 is 0 Å². The zero-order chi connectivity index (χ0) is 12.0. The van der Waals surface area contributed by atoms with E-state index in [1.807, 2.05) is 13.8 Å². The van der Waals surface area contributed by atoms with Crippen LogP contribution in [0.2, 0.25) is 0 Å². The van der Waals surface area contributed by atoms with E-state index >= 15 is 0 Å². The quantitative estimate of drug-likeness (QED) is 0.514. The van der Waals surface area contributed by atoms with Gasteiger partial charge >= 0.3 is 0 Å². The van der Waals surface area contributed by atoms with Crippen LogP contribution in [0.1, 0.15) is 19.4 Å². The van der Waals surface area contributed by atoms with Crippen LogP contribution >= 0.6 is 15.9 Å². The molecular formula is C11H14BrNO3. The summed E-state index contributed by atoms with van der Waals surface area (Å²) in [6.07, 6.45) is 1.34. The Morgan fingerprint density at radius 3 is 2.56 bits per heavy atom. The second-order valence-electron chi connectivity index (χ2n) is 2.94. The fraction of sp³-hybridized carbons (Fsp3) is 0.364. The minimum atomic E-state index is 0.548. The summed E-state index contributed by atoms with van der Waals surface area (Å²) in [5.41, 5.74) is 0.737. The van der Waals surface area contributed by atoms with Gasteiger partial charge in [-0.1, -0.05) is 5.16 Å². The van der Waals surface area contributed by atoms with Crippen molar-refractivity contribution in [2.24, 2.45) is 5.16 Å². The van der Waals surface area contributed by atoms with Gasteiger partial charge in [-0.05, 0) is 41.9 Å². The molecule has 1 rings (SSSR count). The number of rotatable bonds is 5. The average molecular weight is 288 g/mol. The first-order valence-corrected chi connectivity index (χ1v) is 5.78. The molecule has 1 aromatic rings. The highest BCUT2D eigenvalue weighted by Gasteiger charge is 2.10. The van der Waals surface area contributed by atoms with Crippen LogP contribution in [-0.2, 0) is 0 Å². The molecule has 0 saturated heterocycles. The van der Waals surface area contributed by atoms with Crippen LogP contribution in [0, 0.1) is 0 Å². The maximum Gasteiger partial charge on any atom is 0.175 e. The summed E-state index contributed by atoms with van der Waals surface area (Å²) in [6, 6.07) is 3.56. The Hall–Kier alpha value is -1.23. The molecule has 0 aliphatic rings. The lowest BCUT2D eigenvalue weighted by Gasteiger charge is -2.13. The molecule has 0 saturated carbocycles. The zero-order valence-electron chi connectivity index (χ0n) is 9.24. The van der Waals surface area contributed by atoms with Crippen molar-refractivity contribution in [3.8, 4) is 11.5 Å². The molecule has 0 bridgehead atoms. The van der Waals surface area contributed by atoms with E-state index in [-0.39, 0.29) is 0 Å². The Morgan fingerprint density at radius 2 is 2.00 bits per heavy atom. The molecule has 0 atom stereocenters. The van der Waals surface area contributed by atoms with Gasteiger partial charge in [0.2, 0.25) is 0 Å². The van der Waals surface area contributed by atoms with Crippen molar-refractivity contribution >= 4 is 22.1 Å².